The number of hydrogen-bond acceptors (Lipinski definition) is 5. The van der Waals surface area contributed by atoms with Crippen LogP contribution in [0.4, 0.5) is 5.82 Å². The van der Waals surface area contributed by atoms with E-state index in [0.29, 0.717) is 26.1 Å². The largest absolute Gasteiger partial charge is 0.494 e. The van der Waals surface area contributed by atoms with Crippen LogP contribution < -0.4 is 9.64 Å². The van der Waals surface area contributed by atoms with Gasteiger partial charge in [0.05, 0.1) is 23.3 Å². The number of benzene rings is 2. The molecule has 0 aliphatic carbocycles. The summed E-state index contributed by atoms with van der Waals surface area (Å²) in [4.78, 5) is 26.2. The highest BCUT2D eigenvalue weighted by Crippen LogP contribution is 2.21. The Balaban J connectivity index is 1.27. The summed E-state index contributed by atoms with van der Waals surface area (Å²) in [5, 5.41) is 0. The molecule has 1 fully saturated rings. The molecule has 1 aliphatic rings. The number of carbonyl (C=O) groups excluding carboxylic acids is 1. The van der Waals surface area contributed by atoms with Gasteiger partial charge in [-0.3, -0.25) is 4.79 Å². The number of para-hydroxylation sites is 3. The van der Waals surface area contributed by atoms with Crippen molar-refractivity contribution in [3.63, 3.8) is 0 Å². The molecule has 0 bridgehead atoms. The molecule has 6 heteroatoms. The van der Waals surface area contributed by atoms with E-state index in [9.17, 15) is 4.79 Å². The molecule has 0 radical (unpaired) electrons. The first kappa shape index (κ1) is 19.2. The Morgan fingerprint density at radius 2 is 1.59 bits per heavy atom. The Morgan fingerprint density at radius 3 is 2.31 bits per heavy atom. The Hall–Kier alpha value is -3.15. The van der Waals surface area contributed by atoms with Crippen LogP contribution in [0.1, 0.15) is 18.5 Å². The molecule has 0 N–H and O–H groups in total. The summed E-state index contributed by atoms with van der Waals surface area (Å²) in [6.45, 7) is 5.54. The standard InChI is InChI=1S/C23H26N4O2/c1-18-23(25-21-11-6-5-10-20(21)24-18)27-15-13-26(14-16-27)22(28)12-7-17-29-19-8-3-2-4-9-19/h2-6,8-11H,7,12-17H2,1H3. The maximum atomic E-state index is 12.5. The first-order valence-corrected chi connectivity index (χ1v) is 10.1. The normalized spacial score (nSPS) is 14.2. The fraction of sp³-hybridized carbons (Fsp3) is 0.348. The van der Waals surface area contributed by atoms with E-state index in [1.54, 1.807) is 0 Å². The molecule has 1 aromatic heterocycles. The molecule has 0 spiro atoms. The summed E-state index contributed by atoms with van der Waals surface area (Å²) < 4.78 is 5.67. The van der Waals surface area contributed by atoms with Gasteiger partial charge in [0.2, 0.25) is 5.91 Å². The maximum absolute atomic E-state index is 12.5. The van der Waals surface area contributed by atoms with Crippen LogP contribution in [0.3, 0.4) is 0 Å². The van der Waals surface area contributed by atoms with Gasteiger partial charge < -0.3 is 14.5 Å². The minimum Gasteiger partial charge on any atom is -0.494 e. The predicted octanol–water partition coefficient (Wildman–Crippen LogP) is 3.45. The van der Waals surface area contributed by atoms with Crippen LogP contribution in [0.2, 0.25) is 0 Å². The number of rotatable bonds is 6. The highest BCUT2D eigenvalue weighted by Gasteiger charge is 2.23. The molecule has 1 amide bonds. The first-order chi connectivity index (χ1) is 14.2. The van der Waals surface area contributed by atoms with Gasteiger partial charge in [0, 0.05) is 32.6 Å². The van der Waals surface area contributed by atoms with Gasteiger partial charge in [0.15, 0.2) is 5.82 Å². The van der Waals surface area contributed by atoms with Crippen LogP contribution in [-0.2, 0) is 4.79 Å². The lowest BCUT2D eigenvalue weighted by molar-refractivity contribution is -0.131. The number of carbonyl (C=O) groups is 1. The SMILES string of the molecule is Cc1nc2ccccc2nc1N1CCN(C(=O)CCCOc2ccccc2)CC1. The average Bonchev–Trinajstić information content (AvgIpc) is 2.77. The van der Waals surface area contributed by atoms with E-state index >= 15 is 0 Å². The minimum absolute atomic E-state index is 0.197. The van der Waals surface area contributed by atoms with Crippen molar-refractivity contribution in [1.82, 2.24) is 14.9 Å². The van der Waals surface area contributed by atoms with E-state index in [1.807, 2.05) is 66.4 Å². The highest BCUT2D eigenvalue weighted by molar-refractivity contribution is 5.77. The number of aromatic nitrogens is 2. The van der Waals surface area contributed by atoms with Crippen molar-refractivity contribution in [3.8, 4) is 5.75 Å². The highest BCUT2D eigenvalue weighted by atomic mass is 16.5. The molecule has 1 saturated heterocycles. The van der Waals surface area contributed by atoms with Crippen LogP contribution in [0.15, 0.2) is 54.6 Å². The fourth-order valence-electron chi connectivity index (χ4n) is 3.63. The summed E-state index contributed by atoms with van der Waals surface area (Å²) in [5.74, 6) is 1.97. The lowest BCUT2D eigenvalue weighted by Crippen LogP contribution is -2.49. The molecule has 3 aromatic rings. The monoisotopic (exact) mass is 390 g/mol. The van der Waals surface area contributed by atoms with E-state index in [4.69, 9.17) is 9.72 Å². The molecule has 4 rings (SSSR count). The Morgan fingerprint density at radius 1 is 0.931 bits per heavy atom. The van der Waals surface area contributed by atoms with E-state index in [0.717, 1.165) is 47.8 Å². The molecule has 150 valence electrons. The van der Waals surface area contributed by atoms with Crippen molar-refractivity contribution in [3.05, 3.63) is 60.3 Å². The van der Waals surface area contributed by atoms with Crippen LogP contribution in [0, 0.1) is 6.92 Å². The maximum Gasteiger partial charge on any atom is 0.222 e. The molecule has 2 heterocycles. The molecule has 29 heavy (non-hydrogen) atoms. The summed E-state index contributed by atoms with van der Waals surface area (Å²) in [6.07, 6.45) is 1.24. The van der Waals surface area contributed by atoms with E-state index in [2.05, 4.69) is 9.88 Å². The number of anilines is 1. The molecule has 0 saturated carbocycles. The molecule has 0 unspecified atom stereocenters. The number of piperazine rings is 1. The van der Waals surface area contributed by atoms with E-state index < -0.39 is 0 Å². The average molecular weight is 390 g/mol. The second-order valence-corrected chi connectivity index (χ2v) is 7.25. The number of amides is 1. The zero-order valence-electron chi connectivity index (χ0n) is 16.8. The number of nitrogens with zero attached hydrogens (tertiary/aromatic N) is 4. The molecule has 1 aliphatic heterocycles. The van der Waals surface area contributed by atoms with Gasteiger partial charge in [0.1, 0.15) is 5.75 Å². The smallest absolute Gasteiger partial charge is 0.222 e. The fourth-order valence-corrected chi connectivity index (χ4v) is 3.63. The molecule has 0 atom stereocenters. The van der Waals surface area contributed by atoms with Crippen LogP contribution in [0.25, 0.3) is 11.0 Å². The Labute approximate surface area is 171 Å². The van der Waals surface area contributed by atoms with Gasteiger partial charge >= 0.3 is 0 Å². The summed E-state index contributed by atoms with van der Waals surface area (Å²) >= 11 is 0. The van der Waals surface area contributed by atoms with E-state index in [-0.39, 0.29) is 5.91 Å². The second kappa shape index (κ2) is 8.90. The van der Waals surface area contributed by atoms with Gasteiger partial charge in [0.25, 0.3) is 0 Å². The number of fused-ring (bicyclic) bond motifs is 1. The van der Waals surface area contributed by atoms with Crippen molar-refractivity contribution < 1.29 is 9.53 Å². The zero-order chi connectivity index (χ0) is 20.1. The third-order valence-electron chi connectivity index (χ3n) is 5.20. The van der Waals surface area contributed by atoms with Crippen molar-refractivity contribution in [1.29, 1.82) is 0 Å². The lowest BCUT2D eigenvalue weighted by Gasteiger charge is -2.36. The Kier molecular flexibility index (Phi) is 5.89. The zero-order valence-corrected chi connectivity index (χ0v) is 16.8. The van der Waals surface area contributed by atoms with Crippen LogP contribution >= 0.6 is 0 Å². The molecular weight excluding hydrogens is 364 g/mol. The topological polar surface area (TPSA) is 58.6 Å². The quantitative estimate of drug-likeness (QED) is 0.604. The van der Waals surface area contributed by atoms with Crippen LogP contribution in [0.5, 0.6) is 5.75 Å². The summed E-state index contributed by atoms with van der Waals surface area (Å²) in [5.41, 5.74) is 2.76. The molecule has 2 aromatic carbocycles. The minimum atomic E-state index is 0.197. The number of hydrogen-bond donors (Lipinski definition) is 0. The van der Waals surface area contributed by atoms with Gasteiger partial charge in [-0.05, 0) is 37.6 Å². The van der Waals surface area contributed by atoms with Crippen molar-refractivity contribution in [2.24, 2.45) is 0 Å². The van der Waals surface area contributed by atoms with Gasteiger partial charge in [-0.1, -0.05) is 30.3 Å². The third kappa shape index (κ3) is 4.65. The Bertz CT molecular complexity index is 969. The molecule has 6 nitrogen and oxygen atoms in total. The predicted molar refractivity (Wildman–Crippen MR) is 114 cm³/mol. The number of ether oxygens (including phenoxy) is 1. The van der Waals surface area contributed by atoms with Crippen LogP contribution in [-0.4, -0.2) is 53.6 Å². The van der Waals surface area contributed by atoms with Crippen molar-refractivity contribution >= 4 is 22.8 Å². The third-order valence-corrected chi connectivity index (χ3v) is 5.20. The summed E-state index contributed by atoms with van der Waals surface area (Å²) in [6, 6.07) is 17.6. The van der Waals surface area contributed by atoms with Crippen molar-refractivity contribution in [2.45, 2.75) is 19.8 Å². The van der Waals surface area contributed by atoms with Gasteiger partial charge in [-0.25, -0.2) is 9.97 Å². The molecular formula is C23H26N4O2. The number of aryl methyl sites for hydroxylation is 1. The van der Waals surface area contributed by atoms with Gasteiger partial charge in [-0.2, -0.15) is 0 Å². The lowest BCUT2D eigenvalue weighted by atomic mass is 10.2. The first-order valence-electron chi connectivity index (χ1n) is 10.1. The van der Waals surface area contributed by atoms with Gasteiger partial charge in [-0.15, -0.1) is 0 Å². The second-order valence-electron chi connectivity index (χ2n) is 7.25. The van der Waals surface area contributed by atoms with E-state index in [1.165, 1.54) is 0 Å². The summed E-state index contributed by atoms with van der Waals surface area (Å²) in [7, 11) is 0. The van der Waals surface area contributed by atoms with Crippen molar-refractivity contribution in [2.75, 3.05) is 37.7 Å².